The maximum Gasteiger partial charge on any atom is 0.274 e. The molecular formula is C29H28ClN5O2. The van der Waals surface area contributed by atoms with E-state index < -0.39 is 5.91 Å². The number of aromatic nitrogens is 2. The summed E-state index contributed by atoms with van der Waals surface area (Å²) in [6.45, 7) is 0.904. The average Bonchev–Trinajstić information content (AvgIpc) is 2.89. The predicted molar refractivity (Wildman–Crippen MR) is 148 cm³/mol. The number of nitrogens with zero attached hydrogens (tertiary/aromatic N) is 3. The molecule has 7 nitrogen and oxygen atoms in total. The van der Waals surface area contributed by atoms with Crippen molar-refractivity contribution >= 4 is 34.8 Å². The highest BCUT2D eigenvalue weighted by atomic mass is 35.5. The van der Waals surface area contributed by atoms with Crippen molar-refractivity contribution in [2.24, 2.45) is 0 Å². The van der Waals surface area contributed by atoms with Crippen LogP contribution in [0, 0.1) is 0 Å². The topological polar surface area (TPSA) is 87.2 Å². The van der Waals surface area contributed by atoms with Gasteiger partial charge in [0.25, 0.3) is 11.8 Å². The van der Waals surface area contributed by atoms with Crippen LogP contribution in [-0.4, -0.2) is 47.3 Å². The Hall–Kier alpha value is -4.07. The Kier molecular flexibility index (Phi) is 8.61. The van der Waals surface area contributed by atoms with E-state index in [9.17, 15) is 9.59 Å². The molecule has 0 fully saturated rings. The summed E-state index contributed by atoms with van der Waals surface area (Å²) >= 11 is 6.04. The number of amides is 2. The smallest absolute Gasteiger partial charge is 0.274 e. The van der Waals surface area contributed by atoms with Gasteiger partial charge in [-0.25, -0.2) is 9.97 Å². The second-order valence-corrected chi connectivity index (χ2v) is 9.24. The van der Waals surface area contributed by atoms with E-state index in [1.807, 2.05) is 44.4 Å². The maximum absolute atomic E-state index is 13.4. The van der Waals surface area contributed by atoms with Crippen molar-refractivity contribution in [1.82, 2.24) is 14.9 Å². The van der Waals surface area contributed by atoms with Crippen LogP contribution in [0.1, 0.15) is 33.0 Å². The van der Waals surface area contributed by atoms with E-state index in [-0.39, 0.29) is 11.6 Å². The number of halogens is 1. The van der Waals surface area contributed by atoms with Crippen LogP contribution in [-0.2, 0) is 6.42 Å². The average molecular weight is 514 g/mol. The van der Waals surface area contributed by atoms with Crippen LogP contribution in [0.5, 0.6) is 0 Å². The molecule has 2 amide bonds. The van der Waals surface area contributed by atoms with Gasteiger partial charge < -0.3 is 15.5 Å². The number of nitrogens with one attached hydrogen (secondary N) is 2. The highest BCUT2D eigenvalue weighted by Crippen LogP contribution is 2.21. The molecule has 4 rings (SSSR count). The van der Waals surface area contributed by atoms with Crippen molar-refractivity contribution in [3.8, 4) is 11.4 Å². The Morgan fingerprint density at radius 1 is 0.838 bits per heavy atom. The third-order valence-corrected chi connectivity index (χ3v) is 5.82. The van der Waals surface area contributed by atoms with E-state index in [2.05, 4.69) is 20.5 Å². The van der Waals surface area contributed by atoms with Gasteiger partial charge in [-0.15, -0.1) is 0 Å². The molecule has 0 spiro atoms. The Labute approximate surface area is 221 Å². The first-order chi connectivity index (χ1) is 17.9. The molecule has 0 bridgehead atoms. The summed E-state index contributed by atoms with van der Waals surface area (Å²) in [6.07, 6.45) is 1.60. The van der Waals surface area contributed by atoms with Crippen molar-refractivity contribution in [2.75, 3.05) is 31.3 Å². The predicted octanol–water partition coefficient (Wildman–Crippen LogP) is 5.80. The van der Waals surface area contributed by atoms with Gasteiger partial charge in [0, 0.05) is 22.0 Å². The van der Waals surface area contributed by atoms with E-state index in [1.165, 1.54) is 0 Å². The number of carbonyl (C=O) groups excluding carboxylic acids is 2. The zero-order chi connectivity index (χ0) is 26.2. The number of hydrogen-bond donors (Lipinski definition) is 2. The van der Waals surface area contributed by atoms with Crippen molar-refractivity contribution < 1.29 is 9.59 Å². The lowest BCUT2D eigenvalue weighted by atomic mass is 10.1. The van der Waals surface area contributed by atoms with Crippen LogP contribution >= 0.6 is 11.6 Å². The molecule has 0 aliphatic rings. The summed E-state index contributed by atoms with van der Waals surface area (Å²) < 4.78 is 0. The van der Waals surface area contributed by atoms with Gasteiger partial charge in [0.15, 0.2) is 5.82 Å². The Bertz CT molecular complexity index is 1390. The number of rotatable bonds is 9. The lowest BCUT2D eigenvalue weighted by Gasteiger charge is -2.13. The van der Waals surface area contributed by atoms with Crippen LogP contribution in [0.4, 0.5) is 11.4 Å². The second kappa shape index (κ2) is 12.3. The fourth-order valence-corrected chi connectivity index (χ4v) is 3.97. The highest BCUT2D eigenvalue weighted by molar-refractivity contribution is 6.31. The molecule has 0 unspecified atom stereocenters. The quantitative estimate of drug-likeness (QED) is 0.295. The minimum Gasteiger partial charge on any atom is -0.322 e. The van der Waals surface area contributed by atoms with Crippen LogP contribution < -0.4 is 10.6 Å². The van der Waals surface area contributed by atoms with Crippen LogP contribution in [0.3, 0.4) is 0 Å². The van der Waals surface area contributed by atoms with Crippen molar-refractivity contribution in [2.45, 2.75) is 12.8 Å². The van der Waals surface area contributed by atoms with Gasteiger partial charge in [0.1, 0.15) is 5.69 Å². The minimum absolute atomic E-state index is 0.235. The molecule has 188 valence electrons. The van der Waals surface area contributed by atoms with Crippen molar-refractivity contribution in [3.63, 3.8) is 0 Å². The zero-order valence-corrected chi connectivity index (χ0v) is 21.5. The largest absolute Gasteiger partial charge is 0.322 e. The Morgan fingerprint density at radius 3 is 2.35 bits per heavy atom. The molecule has 0 aliphatic carbocycles. The molecule has 0 saturated carbocycles. The third kappa shape index (κ3) is 7.22. The molecule has 3 aromatic carbocycles. The fourth-order valence-electron chi connectivity index (χ4n) is 3.78. The normalized spacial score (nSPS) is 10.8. The first kappa shape index (κ1) is 26.0. The molecule has 0 saturated heterocycles. The fraction of sp³-hybridized carbons (Fsp3) is 0.172. The number of benzene rings is 3. The molecular weight excluding hydrogens is 486 g/mol. The number of aryl methyl sites for hydroxylation is 1. The lowest BCUT2D eigenvalue weighted by molar-refractivity contribution is 0.102. The first-order valence-electron chi connectivity index (χ1n) is 11.9. The van der Waals surface area contributed by atoms with E-state index in [0.29, 0.717) is 34.2 Å². The van der Waals surface area contributed by atoms with Crippen LogP contribution in [0.2, 0.25) is 5.02 Å². The summed E-state index contributed by atoms with van der Waals surface area (Å²) in [5.74, 6) is -0.299. The number of hydrogen-bond acceptors (Lipinski definition) is 5. The molecule has 4 aromatic rings. The van der Waals surface area contributed by atoms with E-state index >= 15 is 0 Å². The van der Waals surface area contributed by atoms with Gasteiger partial charge >= 0.3 is 0 Å². The molecule has 0 radical (unpaired) electrons. The Morgan fingerprint density at radius 2 is 1.59 bits per heavy atom. The molecule has 1 aromatic heterocycles. The molecule has 2 N–H and O–H groups in total. The van der Waals surface area contributed by atoms with E-state index in [4.69, 9.17) is 16.6 Å². The SMILES string of the molecule is CN(C)CCCc1cc(C(=O)Nc2ccccc2C(=O)Nc2cccc(Cl)c2)nc(-c2ccccc2)n1. The van der Waals surface area contributed by atoms with Gasteiger partial charge in [-0.1, -0.05) is 60.1 Å². The summed E-state index contributed by atoms with van der Waals surface area (Å²) in [5.41, 5.74) is 3.10. The van der Waals surface area contributed by atoms with E-state index in [1.54, 1.807) is 54.6 Å². The monoisotopic (exact) mass is 513 g/mol. The van der Waals surface area contributed by atoms with Crippen molar-refractivity contribution in [1.29, 1.82) is 0 Å². The lowest BCUT2D eigenvalue weighted by Crippen LogP contribution is -2.20. The minimum atomic E-state index is -0.420. The van der Waals surface area contributed by atoms with Gasteiger partial charge in [-0.05, 0) is 69.9 Å². The molecule has 0 aliphatic heterocycles. The molecule has 0 atom stereocenters. The van der Waals surface area contributed by atoms with Gasteiger partial charge in [0.2, 0.25) is 0 Å². The standard InChI is InChI=1S/C29H28ClN5O2/c1-35(2)17-9-14-23-19-26(33-27(31-23)20-10-4-3-5-11-20)29(37)34-25-16-7-6-15-24(25)28(36)32-22-13-8-12-21(30)18-22/h3-8,10-13,15-16,18-19H,9,14,17H2,1-2H3,(H,32,36)(H,34,37). The van der Waals surface area contributed by atoms with Crippen molar-refractivity contribution in [3.05, 3.63) is 107 Å². The Balaban J connectivity index is 1.59. The van der Waals surface area contributed by atoms with Crippen LogP contribution in [0.15, 0.2) is 84.9 Å². The number of anilines is 2. The molecule has 8 heteroatoms. The van der Waals surface area contributed by atoms with Gasteiger partial charge in [0.05, 0.1) is 11.3 Å². The first-order valence-corrected chi connectivity index (χ1v) is 12.3. The third-order valence-electron chi connectivity index (χ3n) is 5.58. The molecule has 1 heterocycles. The summed E-state index contributed by atoms with van der Waals surface area (Å²) in [6, 6.07) is 25.0. The summed E-state index contributed by atoms with van der Waals surface area (Å²) in [7, 11) is 4.04. The van der Waals surface area contributed by atoms with Gasteiger partial charge in [-0.2, -0.15) is 0 Å². The number of carbonyl (C=O) groups is 2. The van der Waals surface area contributed by atoms with E-state index in [0.717, 1.165) is 24.2 Å². The number of para-hydroxylation sites is 1. The zero-order valence-electron chi connectivity index (χ0n) is 20.7. The van der Waals surface area contributed by atoms with Crippen LogP contribution in [0.25, 0.3) is 11.4 Å². The highest BCUT2D eigenvalue weighted by Gasteiger charge is 2.17. The summed E-state index contributed by atoms with van der Waals surface area (Å²) in [4.78, 5) is 37.7. The maximum atomic E-state index is 13.4. The summed E-state index contributed by atoms with van der Waals surface area (Å²) in [5, 5.41) is 6.19. The molecule has 37 heavy (non-hydrogen) atoms. The second-order valence-electron chi connectivity index (χ2n) is 8.81. The van der Waals surface area contributed by atoms with Gasteiger partial charge in [-0.3, -0.25) is 9.59 Å².